The first-order valence-electron chi connectivity index (χ1n) is 6.42. The SMILES string of the molecule is CC1(C)CCCC1NCc1cccc(C(=O)O)n1. The van der Waals surface area contributed by atoms with Crippen molar-refractivity contribution >= 4 is 5.97 Å². The summed E-state index contributed by atoms with van der Waals surface area (Å²) in [4.78, 5) is 15.0. The molecular weight excluding hydrogens is 228 g/mol. The van der Waals surface area contributed by atoms with E-state index in [1.807, 2.05) is 6.07 Å². The van der Waals surface area contributed by atoms with E-state index in [9.17, 15) is 4.79 Å². The van der Waals surface area contributed by atoms with E-state index in [1.165, 1.54) is 25.3 Å². The van der Waals surface area contributed by atoms with Crippen LogP contribution in [-0.2, 0) is 6.54 Å². The normalized spacial score (nSPS) is 22.0. The zero-order chi connectivity index (χ0) is 13.2. The Hall–Kier alpha value is -1.42. The fraction of sp³-hybridized carbons (Fsp3) is 0.571. The Morgan fingerprint density at radius 3 is 2.94 bits per heavy atom. The summed E-state index contributed by atoms with van der Waals surface area (Å²) in [5.41, 5.74) is 1.22. The molecule has 0 saturated heterocycles. The lowest BCUT2D eigenvalue weighted by molar-refractivity contribution is 0.0690. The van der Waals surface area contributed by atoms with Crippen molar-refractivity contribution in [2.45, 2.75) is 45.7 Å². The number of nitrogens with one attached hydrogen (secondary N) is 1. The molecule has 1 fully saturated rings. The summed E-state index contributed by atoms with van der Waals surface area (Å²) in [5.74, 6) is -0.974. The molecular formula is C14H20N2O2. The van der Waals surface area contributed by atoms with Crippen LogP contribution in [0.1, 0.15) is 49.3 Å². The molecule has 0 aliphatic heterocycles. The van der Waals surface area contributed by atoms with Crippen LogP contribution in [0, 0.1) is 5.41 Å². The molecule has 98 valence electrons. The fourth-order valence-corrected chi connectivity index (χ4v) is 2.63. The van der Waals surface area contributed by atoms with Crippen LogP contribution in [-0.4, -0.2) is 22.1 Å². The third kappa shape index (κ3) is 2.88. The van der Waals surface area contributed by atoms with Crippen LogP contribution in [0.25, 0.3) is 0 Å². The molecule has 4 heteroatoms. The number of carboxylic acids is 1. The minimum Gasteiger partial charge on any atom is -0.477 e. The van der Waals surface area contributed by atoms with E-state index in [4.69, 9.17) is 5.11 Å². The number of aromatic carboxylic acids is 1. The molecule has 1 heterocycles. The van der Waals surface area contributed by atoms with Crippen molar-refractivity contribution in [3.63, 3.8) is 0 Å². The van der Waals surface area contributed by atoms with Gasteiger partial charge in [0.05, 0.1) is 5.69 Å². The molecule has 1 unspecified atom stereocenters. The maximum absolute atomic E-state index is 10.8. The molecule has 0 spiro atoms. The minimum atomic E-state index is -0.974. The number of nitrogens with zero attached hydrogens (tertiary/aromatic N) is 1. The van der Waals surface area contributed by atoms with Gasteiger partial charge in [0.15, 0.2) is 0 Å². The van der Waals surface area contributed by atoms with Gasteiger partial charge in [-0.15, -0.1) is 0 Å². The molecule has 0 amide bonds. The predicted molar refractivity (Wildman–Crippen MR) is 69.5 cm³/mol. The van der Waals surface area contributed by atoms with Gasteiger partial charge >= 0.3 is 5.97 Å². The summed E-state index contributed by atoms with van der Waals surface area (Å²) in [7, 11) is 0. The van der Waals surface area contributed by atoms with E-state index in [0.717, 1.165) is 5.69 Å². The molecule has 0 aromatic carbocycles. The van der Waals surface area contributed by atoms with Gasteiger partial charge in [-0.3, -0.25) is 0 Å². The van der Waals surface area contributed by atoms with Gasteiger partial charge in [-0.05, 0) is 30.4 Å². The lowest BCUT2D eigenvalue weighted by atomic mass is 9.87. The summed E-state index contributed by atoms with van der Waals surface area (Å²) in [6, 6.07) is 5.62. The standard InChI is InChI=1S/C14H20N2O2/c1-14(2)8-4-7-12(14)15-9-10-5-3-6-11(16-10)13(17)18/h3,5-6,12,15H,4,7-9H2,1-2H3,(H,17,18). The van der Waals surface area contributed by atoms with E-state index in [0.29, 0.717) is 18.0 Å². The number of hydrogen-bond acceptors (Lipinski definition) is 3. The first-order valence-corrected chi connectivity index (χ1v) is 6.42. The molecule has 1 saturated carbocycles. The fourth-order valence-electron chi connectivity index (χ4n) is 2.63. The van der Waals surface area contributed by atoms with Crippen LogP contribution in [0.2, 0.25) is 0 Å². The number of carbonyl (C=O) groups is 1. The highest BCUT2D eigenvalue weighted by atomic mass is 16.4. The van der Waals surface area contributed by atoms with E-state index in [-0.39, 0.29) is 5.69 Å². The molecule has 1 atom stereocenters. The molecule has 18 heavy (non-hydrogen) atoms. The van der Waals surface area contributed by atoms with E-state index < -0.39 is 5.97 Å². The minimum absolute atomic E-state index is 0.111. The number of rotatable bonds is 4. The summed E-state index contributed by atoms with van der Waals surface area (Å²) >= 11 is 0. The van der Waals surface area contributed by atoms with Gasteiger partial charge < -0.3 is 10.4 Å². The lowest BCUT2D eigenvalue weighted by Gasteiger charge is -2.27. The van der Waals surface area contributed by atoms with E-state index in [1.54, 1.807) is 6.07 Å². The van der Waals surface area contributed by atoms with Crippen molar-refractivity contribution in [1.82, 2.24) is 10.3 Å². The van der Waals surface area contributed by atoms with Crippen LogP contribution < -0.4 is 5.32 Å². The van der Waals surface area contributed by atoms with Crippen molar-refractivity contribution in [2.75, 3.05) is 0 Å². The number of pyridine rings is 1. The molecule has 1 aliphatic carbocycles. The Balaban J connectivity index is 1.98. The molecule has 1 aliphatic rings. The van der Waals surface area contributed by atoms with Crippen LogP contribution in [0.15, 0.2) is 18.2 Å². The zero-order valence-corrected chi connectivity index (χ0v) is 10.9. The number of hydrogen-bond donors (Lipinski definition) is 2. The third-order valence-electron chi connectivity index (χ3n) is 3.81. The first-order chi connectivity index (χ1) is 8.49. The number of aromatic nitrogens is 1. The predicted octanol–water partition coefficient (Wildman–Crippen LogP) is 2.45. The smallest absolute Gasteiger partial charge is 0.354 e. The van der Waals surface area contributed by atoms with Crippen molar-refractivity contribution in [3.05, 3.63) is 29.6 Å². The molecule has 1 aromatic rings. The molecule has 0 radical (unpaired) electrons. The Labute approximate surface area is 107 Å². The topological polar surface area (TPSA) is 62.2 Å². The Kier molecular flexibility index (Phi) is 3.66. The Morgan fingerprint density at radius 2 is 2.33 bits per heavy atom. The van der Waals surface area contributed by atoms with E-state index in [2.05, 4.69) is 24.1 Å². The third-order valence-corrected chi connectivity index (χ3v) is 3.81. The molecule has 2 N–H and O–H groups in total. The molecule has 2 rings (SSSR count). The monoisotopic (exact) mass is 248 g/mol. The van der Waals surface area contributed by atoms with Crippen molar-refractivity contribution in [2.24, 2.45) is 5.41 Å². The second kappa shape index (κ2) is 5.06. The Morgan fingerprint density at radius 1 is 1.56 bits per heavy atom. The molecule has 0 bridgehead atoms. The quantitative estimate of drug-likeness (QED) is 0.859. The van der Waals surface area contributed by atoms with Crippen molar-refractivity contribution in [3.8, 4) is 0 Å². The Bertz CT molecular complexity index is 443. The van der Waals surface area contributed by atoms with Gasteiger partial charge in [0.25, 0.3) is 0 Å². The van der Waals surface area contributed by atoms with Crippen LogP contribution in [0.4, 0.5) is 0 Å². The van der Waals surface area contributed by atoms with Crippen molar-refractivity contribution < 1.29 is 9.90 Å². The second-order valence-electron chi connectivity index (χ2n) is 5.63. The average Bonchev–Trinajstić information content (AvgIpc) is 2.66. The molecule has 4 nitrogen and oxygen atoms in total. The van der Waals surface area contributed by atoms with Crippen LogP contribution in [0.3, 0.4) is 0 Å². The highest BCUT2D eigenvalue weighted by molar-refractivity contribution is 5.85. The number of carboxylic acid groups (broad SMARTS) is 1. The average molecular weight is 248 g/mol. The summed E-state index contributed by atoms with van der Waals surface area (Å²) in [6.45, 7) is 5.19. The summed E-state index contributed by atoms with van der Waals surface area (Å²) in [5, 5.41) is 12.4. The van der Waals surface area contributed by atoms with E-state index >= 15 is 0 Å². The summed E-state index contributed by atoms with van der Waals surface area (Å²) in [6.07, 6.45) is 3.69. The second-order valence-corrected chi connectivity index (χ2v) is 5.63. The first kappa shape index (κ1) is 13.0. The molecule has 1 aromatic heterocycles. The van der Waals surface area contributed by atoms with Crippen LogP contribution >= 0.6 is 0 Å². The van der Waals surface area contributed by atoms with Gasteiger partial charge in [-0.25, -0.2) is 9.78 Å². The van der Waals surface area contributed by atoms with Crippen LogP contribution in [0.5, 0.6) is 0 Å². The zero-order valence-electron chi connectivity index (χ0n) is 10.9. The highest BCUT2D eigenvalue weighted by Gasteiger charge is 2.33. The largest absolute Gasteiger partial charge is 0.477 e. The van der Waals surface area contributed by atoms with Gasteiger partial charge in [-0.1, -0.05) is 26.3 Å². The maximum atomic E-state index is 10.8. The van der Waals surface area contributed by atoms with Gasteiger partial charge in [0.2, 0.25) is 0 Å². The van der Waals surface area contributed by atoms with Crippen molar-refractivity contribution in [1.29, 1.82) is 0 Å². The van der Waals surface area contributed by atoms with Gasteiger partial charge in [-0.2, -0.15) is 0 Å². The summed E-state index contributed by atoms with van der Waals surface area (Å²) < 4.78 is 0. The maximum Gasteiger partial charge on any atom is 0.354 e. The van der Waals surface area contributed by atoms with Gasteiger partial charge in [0.1, 0.15) is 5.69 Å². The van der Waals surface area contributed by atoms with Gasteiger partial charge in [0, 0.05) is 12.6 Å². The lowest BCUT2D eigenvalue weighted by Crippen LogP contribution is -2.37. The highest BCUT2D eigenvalue weighted by Crippen LogP contribution is 2.37.